The van der Waals surface area contributed by atoms with E-state index in [2.05, 4.69) is 39.6 Å². The van der Waals surface area contributed by atoms with Gasteiger partial charge in [-0.1, -0.05) is 13.8 Å². The zero-order valence-electron chi connectivity index (χ0n) is 11.5. The van der Waals surface area contributed by atoms with Crippen LogP contribution in [0.5, 0.6) is 0 Å². The molecule has 0 aromatic heterocycles. The van der Waals surface area contributed by atoms with Gasteiger partial charge in [0.15, 0.2) is 0 Å². The van der Waals surface area contributed by atoms with E-state index in [0.717, 1.165) is 32.5 Å². The summed E-state index contributed by atoms with van der Waals surface area (Å²) in [4.78, 5) is 2.46. The molecule has 0 radical (unpaired) electrons. The number of hydrogen-bond acceptors (Lipinski definition) is 3. The Hall–Kier alpha value is -0.120. The van der Waals surface area contributed by atoms with Crippen LogP contribution in [0.1, 0.15) is 40.5 Å². The minimum Gasteiger partial charge on any atom is -0.375 e. The van der Waals surface area contributed by atoms with Crippen LogP contribution in [0.3, 0.4) is 0 Å². The number of nitrogens with two attached hydrogens (primary N) is 1. The number of rotatable bonds is 4. The summed E-state index contributed by atoms with van der Waals surface area (Å²) < 4.78 is 5.75. The summed E-state index contributed by atoms with van der Waals surface area (Å²) in [6.45, 7) is 11.5. The van der Waals surface area contributed by atoms with Crippen LogP contribution in [0.15, 0.2) is 0 Å². The molecule has 0 aromatic carbocycles. The van der Waals surface area contributed by atoms with Gasteiger partial charge in [-0.15, -0.1) is 0 Å². The molecule has 1 rings (SSSR count). The Balaban J connectivity index is 2.51. The monoisotopic (exact) mass is 228 g/mol. The van der Waals surface area contributed by atoms with Gasteiger partial charge in [0.05, 0.1) is 5.60 Å². The Labute approximate surface area is 100 Å². The fourth-order valence-electron chi connectivity index (χ4n) is 2.44. The molecule has 0 saturated carbocycles. The molecule has 16 heavy (non-hydrogen) atoms. The molecule has 1 fully saturated rings. The minimum atomic E-state index is 0.0318. The molecular weight excluding hydrogens is 200 g/mol. The van der Waals surface area contributed by atoms with Gasteiger partial charge in [0.1, 0.15) is 0 Å². The predicted molar refractivity (Wildman–Crippen MR) is 68.5 cm³/mol. The maximum atomic E-state index is 5.79. The van der Waals surface area contributed by atoms with Gasteiger partial charge in [0.2, 0.25) is 0 Å². The second-order valence-electron chi connectivity index (χ2n) is 6.54. The van der Waals surface area contributed by atoms with Crippen molar-refractivity contribution in [2.45, 2.75) is 52.2 Å². The van der Waals surface area contributed by atoms with E-state index in [1.807, 2.05) is 0 Å². The summed E-state index contributed by atoms with van der Waals surface area (Å²) in [7, 11) is 2.21. The van der Waals surface area contributed by atoms with Gasteiger partial charge in [-0.2, -0.15) is 0 Å². The van der Waals surface area contributed by atoms with Crippen molar-refractivity contribution in [2.75, 3.05) is 26.7 Å². The fraction of sp³-hybridized carbons (Fsp3) is 1.00. The standard InChI is InChI=1S/C13H28N2O/c1-12(2,9-14)10-15(5)11-6-7-16-13(3,4)8-11/h11H,6-10,14H2,1-5H3. The molecule has 1 unspecified atom stereocenters. The summed E-state index contributed by atoms with van der Waals surface area (Å²) in [6, 6.07) is 0.634. The normalized spacial score (nSPS) is 26.1. The van der Waals surface area contributed by atoms with Crippen molar-refractivity contribution < 1.29 is 4.74 Å². The molecule has 2 N–H and O–H groups in total. The number of nitrogens with zero attached hydrogens (tertiary/aromatic N) is 1. The molecule has 1 saturated heterocycles. The van der Waals surface area contributed by atoms with Gasteiger partial charge in [-0.3, -0.25) is 0 Å². The minimum absolute atomic E-state index is 0.0318. The Bertz CT molecular complexity index is 226. The van der Waals surface area contributed by atoms with Gasteiger partial charge >= 0.3 is 0 Å². The highest BCUT2D eigenvalue weighted by molar-refractivity contribution is 4.85. The predicted octanol–water partition coefficient (Wildman–Crippen LogP) is 1.86. The summed E-state index contributed by atoms with van der Waals surface area (Å²) in [5, 5.41) is 0. The second kappa shape index (κ2) is 5.03. The lowest BCUT2D eigenvalue weighted by molar-refractivity contribution is -0.0828. The van der Waals surface area contributed by atoms with Crippen LogP contribution in [0.2, 0.25) is 0 Å². The zero-order chi connectivity index (χ0) is 12.4. The van der Waals surface area contributed by atoms with Gasteiger partial charge in [-0.25, -0.2) is 0 Å². The van der Waals surface area contributed by atoms with Crippen LogP contribution in [-0.4, -0.2) is 43.3 Å². The van der Waals surface area contributed by atoms with E-state index in [1.165, 1.54) is 0 Å². The highest BCUT2D eigenvalue weighted by Gasteiger charge is 2.32. The average Bonchev–Trinajstić information content (AvgIpc) is 2.15. The molecule has 96 valence electrons. The van der Waals surface area contributed by atoms with Crippen molar-refractivity contribution in [1.29, 1.82) is 0 Å². The Morgan fingerprint density at radius 3 is 2.56 bits per heavy atom. The summed E-state index contributed by atoms with van der Waals surface area (Å²) in [6.07, 6.45) is 2.25. The topological polar surface area (TPSA) is 38.5 Å². The first-order chi connectivity index (χ1) is 7.26. The van der Waals surface area contributed by atoms with Crippen molar-refractivity contribution in [1.82, 2.24) is 4.90 Å². The summed E-state index contributed by atoms with van der Waals surface area (Å²) >= 11 is 0. The molecule has 1 atom stereocenters. The molecule has 1 heterocycles. The van der Waals surface area contributed by atoms with E-state index in [1.54, 1.807) is 0 Å². The number of ether oxygens (including phenoxy) is 1. The van der Waals surface area contributed by atoms with E-state index in [4.69, 9.17) is 10.5 Å². The third kappa shape index (κ3) is 4.04. The molecule has 0 aromatic rings. The highest BCUT2D eigenvalue weighted by atomic mass is 16.5. The Morgan fingerprint density at radius 2 is 2.06 bits per heavy atom. The number of hydrogen-bond donors (Lipinski definition) is 1. The van der Waals surface area contributed by atoms with Crippen LogP contribution in [-0.2, 0) is 4.74 Å². The molecule has 1 aliphatic rings. The Morgan fingerprint density at radius 1 is 1.44 bits per heavy atom. The van der Waals surface area contributed by atoms with Crippen LogP contribution >= 0.6 is 0 Å². The zero-order valence-corrected chi connectivity index (χ0v) is 11.5. The van der Waals surface area contributed by atoms with Crippen molar-refractivity contribution in [3.8, 4) is 0 Å². The second-order valence-corrected chi connectivity index (χ2v) is 6.54. The van der Waals surface area contributed by atoms with Crippen molar-refractivity contribution in [3.63, 3.8) is 0 Å². The van der Waals surface area contributed by atoms with E-state index in [9.17, 15) is 0 Å². The lowest BCUT2D eigenvalue weighted by atomic mass is 9.89. The quantitative estimate of drug-likeness (QED) is 0.798. The van der Waals surface area contributed by atoms with Gasteiger partial charge < -0.3 is 15.4 Å². The van der Waals surface area contributed by atoms with Crippen LogP contribution in [0, 0.1) is 5.41 Å². The van der Waals surface area contributed by atoms with E-state index < -0.39 is 0 Å². The van der Waals surface area contributed by atoms with E-state index >= 15 is 0 Å². The maximum Gasteiger partial charge on any atom is 0.0641 e. The maximum absolute atomic E-state index is 5.79. The lowest BCUT2D eigenvalue weighted by Crippen LogP contribution is -2.48. The van der Waals surface area contributed by atoms with Crippen molar-refractivity contribution >= 4 is 0 Å². The van der Waals surface area contributed by atoms with Gasteiger partial charge in [-0.05, 0) is 45.7 Å². The molecule has 0 spiro atoms. The molecule has 0 amide bonds. The average molecular weight is 228 g/mol. The molecule has 3 nitrogen and oxygen atoms in total. The van der Waals surface area contributed by atoms with Crippen molar-refractivity contribution in [3.05, 3.63) is 0 Å². The van der Waals surface area contributed by atoms with E-state index in [0.29, 0.717) is 6.04 Å². The molecule has 3 heteroatoms. The largest absolute Gasteiger partial charge is 0.375 e. The first-order valence-electron chi connectivity index (χ1n) is 6.30. The smallest absolute Gasteiger partial charge is 0.0641 e. The SMILES string of the molecule is CN(CC(C)(C)CN)C1CCOC(C)(C)C1. The molecular formula is C13H28N2O. The van der Waals surface area contributed by atoms with Crippen LogP contribution in [0.25, 0.3) is 0 Å². The third-order valence-corrected chi connectivity index (χ3v) is 3.52. The van der Waals surface area contributed by atoms with Crippen LogP contribution in [0.4, 0.5) is 0 Å². The van der Waals surface area contributed by atoms with E-state index in [-0.39, 0.29) is 11.0 Å². The fourth-order valence-corrected chi connectivity index (χ4v) is 2.44. The first kappa shape index (κ1) is 13.9. The summed E-state index contributed by atoms with van der Waals surface area (Å²) in [5.74, 6) is 0. The molecule has 1 aliphatic heterocycles. The third-order valence-electron chi connectivity index (χ3n) is 3.52. The Kier molecular flexibility index (Phi) is 4.38. The van der Waals surface area contributed by atoms with Crippen molar-refractivity contribution in [2.24, 2.45) is 11.1 Å². The van der Waals surface area contributed by atoms with Crippen LogP contribution < -0.4 is 5.73 Å². The molecule has 0 aliphatic carbocycles. The molecule has 0 bridgehead atoms. The van der Waals surface area contributed by atoms with Gasteiger partial charge in [0, 0.05) is 19.2 Å². The first-order valence-corrected chi connectivity index (χ1v) is 6.30. The highest BCUT2D eigenvalue weighted by Crippen LogP contribution is 2.28. The summed E-state index contributed by atoms with van der Waals surface area (Å²) in [5.41, 5.74) is 6.02. The lowest BCUT2D eigenvalue weighted by Gasteiger charge is -2.42. The van der Waals surface area contributed by atoms with Gasteiger partial charge in [0.25, 0.3) is 0 Å².